The van der Waals surface area contributed by atoms with Gasteiger partial charge in [0.05, 0.1) is 12.4 Å². The number of rotatable bonds is 6. The van der Waals surface area contributed by atoms with Crippen LogP contribution in [0.1, 0.15) is 18.1 Å². The molecule has 0 aliphatic heterocycles. The van der Waals surface area contributed by atoms with E-state index in [4.69, 9.17) is 4.74 Å². The fourth-order valence-corrected chi connectivity index (χ4v) is 2.88. The molecule has 0 atom stereocenters. The van der Waals surface area contributed by atoms with Crippen LogP contribution in [0.5, 0.6) is 0 Å². The summed E-state index contributed by atoms with van der Waals surface area (Å²) in [6.07, 6.45) is 0. The van der Waals surface area contributed by atoms with Crippen LogP contribution in [0.4, 0.5) is 0 Å². The minimum absolute atomic E-state index is 0.0778. The molecule has 20 heavy (non-hydrogen) atoms. The minimum atomic E-state index is -0.415. The van der Waals surface area contributed by atoms with E-state index in [0.29, 0.717) is 6.61 Å². The fraction of sp³-hybridized carbons (Fsp3) is 0.429. The Balaban J connectivity index is 2.45. The molecule has 0 saturated carbocycles. The van der Waals surface area contributed by atoms with Gasteiger partial charge in [0.1, 0.15) is 6.54 Å². The molecule has 0 aliphatic rings. The second-order valence-electron chi connectivity index (χ2n) is 4.24. The number of benzene rings is 1. The first kappa shape index (κ1) is 17.0. The Hall–Kier alpha value is -1.01. The molecule has 0 fully saturated rings. The lowest BCUT2D eigenvalue weighted by atomic mass is 10.2. The highest BCUT2D eigenvalue weighted by atomic mass is 79.9. The number of thioether (sulfide) groups is 1. The third-order valence-electron chi connectivity index (χ3n) is 2.55. The number of amides is 1. The van der Waals surface area contributed by atoms with Crippen LogP contribution in [-0.2, 0) is 14.3 Å². The number of hydrogen-bond donors (Lipinski definition) is 1. The summed E-state index contributed by atoms with van der Waals surface area (Å²) in [5.41, 5.74) is 2.25. The minimum Gasteiger partial charge on any atom is -0.465 e. The van der Waals surface area contributed by atoms with Gasteiger partial charge in [0, 0.05) is 9.37 Å². The summed E-state index contributed by atoms with van der Waals surface area (Å²) in [7, 11) is 0. The van der Waals surface area contributed by atoms with Crippen LogP contribution in [0.2, 0.25) is 0 Å². The van der Waals surface area contributed by atoms with Crippen LogP contribution in [0.15, 0.2) is 21.5 Å². The molecule has 0 unspecified atom stereocenters. The summed E-state index contributed by atoms with van der Waals surface area (Å²) >= 11 is 4.93. The van der Waals surface area contributed by atoms with Gasteiger partial charge in [-0.3, -0.25) is 9.59 Å². The molecule has 0 radical (unpaired) electrons. The van der Waals surface area contributed by atoms with E-state index in [9.17, 15) is 9.59 Å². The number of nitrogens with one attached hydrogen (secondary N) is 1. The molecule has 1 N–H and O–H groups in total. The van der Waals surface area contributed by atoms with E-state index >= 15 is 0 Å². The maximum Gasteiger partial charge on any atom is 0.325 e. The van der Waals surface area contributed by atoms with Crippen molar-refractivity contribution in [1.29, 1.82) is 0 Å². The summed E-state index contributed by atoms with van der Waals surface area (Å²) in [5.74, 6) is -0.314. The van der Waals surface area contributed by atoms with E-state index in [1.807, 2.05) is 26.0 Å². The molecule has 0 aliphatic carbocycles. The van der Waals surface area contributed by atoms with Crippen molar-refractivity contribution in [3.63, 3.8) is 0 Å². The van der Waals surface area contributed by atoms with Gasteiger partial charge in [0.15, 0.2) is 0 Å². The molecule has 1 rings (SSSR count). The van der Waals surface area contributed by atoms with Crippen molar-refractivity contribution < 1.29 is 14.3 Å². The molecule has 0 heterocycles. The Labute approximate surface area is 131 Å². The van der Waals surface area contributed by atoms with Gasteiger partial charge in [0.25, 0.3) is 0 Å². The summed E-state index contributed by atoms with van der Waals surface area (Å²) in [5, 5.41) is 2.54. The summed E-state index contributed by atoms with van der Waals surface area (Å²) in [4.78, 5) is 23.8. The van der Waals surface area contributed by atoms with E-state index in [-0.39, 0.29) is 18.2 Å². The molecule has 0 saturated heterocycles. The topological polar surface area (TPSA) is 55.4 Å². The zero-order chi connectivity index (χ0) is 15.1. The number of esters is 1. The van der Waals surface area contributed by atoms with Gasteiger partial charge >= 0.3 is 5.97 Å². The fourth-order valence-electron chi connectivity index (χ4n) is 1.49. The molecule has 6 heteroatoms. The van der Waals surface area contributed by atoms with Crippen LogP contribution >= 0.6 is 27.7 Å². The van der Waals surface area contributed by atoms with Gasteiger partial charge in [-0.15, -0.1) is 11.8 Å². The second kappa shape index (κ2) is 8.32. The Morgan fingerprint density at radius 2 is 2.00 bits per heavy atom. The third-order valence-corrected chi connectivity index (χ3v) is 4.56. The Bertz CT molecular complexity index is 505. The van der Waals surface area contributed by atoms with Gasteiger partial charge < -0.3 is 10.1 Å². The third kappa shape index (κ3) is 5.54. The van der Waals surface area contributed by atoms with Crippen molar-refractivity contribution in [2.75, 3.05) is 18.9 Å². The van der Waals surface area contributed by atoms with Crippen molar-refractivity contribution in [2.24, 2.45) is 0 Å². The zero-order valence-electron chi connectivity index (χ0n) is 11.8. The van der Waals surface area contributed by atoms with Crippen LogP contribution in [0.3, 0.4) is 0 Å². The predicted octanol–water partition coefficient (Wildman–Crippen LogP) is 2.84. The van der Waals surface area contributed by atoms with Crippen molar-refractivity contribution in [3.05, 3.63) is 27.7 Å². The van der Waals surface area contributed by atoms with Crippen molar-refractivity contribution in [1.82, 2.24) is 5.32 Å². The molecule has 4 nitrogen and oxygen atoms in total. The highest BCUT2D eigenvalue weighted by Crippen LogP contribution is 2.28. The number of ether oxygens (including phenoxy) is 1. The molecule has 1 amide bonds. The van der Waals surface area contributed by atoms with Gasteiger partial charge in [-0.05, 0) is 44.0 Å². The summed E-state index contributed by atoms with van der Waals surface area (Å²) in [6.45, 7) is 5.98. The van der Waals surface area contributed by atoms with Crippen LogP contribution < -0.4 is 5.32 Å². The smallest absolute Gasteiger partial charge is 0.325 e. The average Bonchev–Trinajstić information content (AvgIpc) is 2.39. The van der Waals surface area contributed by atoms with Gasteiger partial charge in [-0.25, -0.2) is 0 Å². The van der Waals surface area contributed by atoms with Gasteiger partial charge in [-0.2, -0.15) is 0 Å². The normalized spacial score (nSPS) is 10.2. The number of halogens is 1. The largest absolute Gasteiger partial charge is 0.465 e. The lowest BCUT2D eigenvalue weighted by Gasteiger charge is -2.09. The summed E-state index contributed by atoms with van der Waals surface area (Å²) in [6, 6.07) is 4.08. The van der Waals surface area contributed by atoms with Gasteiger partial charge in [-0.1, -0.05) is 15.9 Å². The predicted molar refractivity (Wildman–Crippen MR) is 84.0 cm³/mol. The molecule has 1 aromatic carbocycles. The molecule has 0 aromatic heterocycles. The lowest BCUT2D eigenvalue weighted by Crippen LogP contribution is -2.31. The first-order valence-electron chi connectivity index (χ1n) is 6.26. The number of carbonyl (C=O) groups is 2. The second-order valence-corrected chi connectivity index (χ2v) is 6.11. The quantitative estimate of drug-likeness (QED) is 0.626. The number of aryl methyl sites for hydroxylation is 2. The average molecular weight is 360 g/mol. The van der Waals surface area contributed by atoms with Gasteiger partial charge in [0.2, 0.25) is 5.91 Å². The van der Waals surface area contributed by atoms with E-state index in [1.165, 1.54) is 11.8 Å². The molecular weight excluding hydrogens is 342 g/mol. The van der Waals surface area contributed by atoms with E-state index in [0.717, 1.165) is 20.5 Å². The maximum atomic E-state index is 11.6. The molecule has 0 bridgehead atoms. The molecule has 0 spiro atoms. The molecular formula is C14H18BrNO3S. The van der Waals surface area contributed by atoms with Crippen LogP contribution in [0, 0.1) is 13.8 Å². The van der Waals surface area contributed by atoms with Crippen molar-refractivity contribution in [3.8, 4) is 0 Å². The first-order valence-corrected chi connectivity index (χ1v) is 8.03. The van der Waals surface area contributed by atoms with E-state index < -0.39 is 5.97 Å². The first-order chi connectivity index (χ1) is 9.43. The number of carbonyl (C=O) groups excluding carboxylic acids is 2. The standard InChI is InChI=1S/C14H18BrNO3S/c1-4-19-14(18)7-16-13(17)8-20-12-6-9(2)11(15)5-10(12)3/h5-6H,4,7-8H2,1-3H3,(H,16,17). The SMILES string of the molecule is CCOC(=O)CNC(=O)CSc1cc(C)c(Br)cc1C. The van der Waals surface area contributed by atoms with E-state index in [1.54, 1.807) is 6.92 Å². The number of hydrogen-bond acceptors (Lipinski definition) is 4. The zero-order valence-corrected chi connectivity index (χ0v) is 14.2. The summed E-state index contributed by atoms with van der Waals surface area (Å²) < 4.78 is 5.80. The monoisotopic (exact) mass is 359 g/mol. The maximum absolute atomic E-state index is 11.6. The molecule has 1 aromatic rings. The Kier molecular flexibility index (Phi) is 7.09. The van der Waals surface area contributed by atoms with Crippen molar-refractivity contribution in [2.45, 2.75) is 25.7 Å². The van der Waals surface area contributed by atoms with E-state index in [2.05, 4.69) is 21.2 Å². The highest BCUT2D eigenvalue weighted by molar-refractivity contribution is 9.10. The molecule has 110 valence electrons. The van der Waals surface area contributed by atoms with Crippen LogP contribution in [0.25, 0.3) is 0 Å². The van der Waals surface area contributed by atoms with Crippen LogP contribution in [-0.4, -0.2) is 30.8 Å². The lowest BCUT2D eigenvalue weighted by molar-refractivity contribution is -0.143. The Morgan fingerprint density at radius 3 is 2.65 bits per heavy atom. The Morgan fingerprint density at radius 1 is 1.30 bits per heavy atom. The highest BCUT2D eigenvalue weighted by Gasteiger charge is 2.09. The van der Waals surface area contributed by atoms with Crippen molar-refractivity contribution >= 4 is 39.6 Å².